The minimum Gasteiger partial charge on any atom is -0.349 e. The van der Waals surface area contributed by atoms with Gasteiger partial charge in [-0.25, -0.2) is 0 Å². The SMILES string of the molecule is CN(C)C(=O)CCN1CCC[C@]2(CCC(=O)N(Cc3ccccc3)C2)C1. The summed E-state index contributed by atoms with van der Waals surface area (Å²) in [7, 11) is 3.63. The molecular weight excluding hydrogens is 326 g/mol. The Kier molecular flexibility index (Phi) is 5.97. The van der Waals surface area contributed by atoms with Crippen LogP contribution in [0, 0.1) is 5.41 Å². The summed E-state index contributed by atoms with van der Waals surface area (Å²) >= 11 is 0. The molecular formula is C21H31N3O2. The zero-order valence-corrected chi connectivity index (χ0v) is 16.1. The maximum atomic E-state index is 12.5. The first-order valence-corrected chi connectivity index (χ1v) is 9.72. The molecule has 2 fully saturated rings. The van der Waals surface area contributed by atoms with Gasteiger partial charge in [-0.1, -0.05) is 30.3 Å². The summed E-state index contributed by atoms with van der Waals surface area (Å²) in [6.07, 6.45) is 4.55. The first-order valence-electron chi connectivity index (χ1n) is 9.72. The smallest absolute Gasteiger partial charge is 0.223 e. The summed E-state index contributed by atoms with van der Waals surface area (Å²) in [5.74, 6) is 0.466. The molecule has 0 aliphatic carbocycles. The number of hydrogen-bond donors (Lipinski definition) is 0. The van der Waals surface area contributed by atoms with Crippen molar-refractivity contribution < 1.29 is 9.59 Å². The van der Waals surface area contributed by atoms with Gasteiger partial charge in [0, 0.05) is 58.5 Å². The third-order valence-corrected chi connectivity index (χ3v) is 5.85. The first kappa shape index (κ1) is 18.9. The summed E-state index contributed by atoms with van der Waals surface area (Å²) in [6.45, 7) is 4.45. The van der Waals surface area contributed by atoms with E-state index in [2.05, 4.69) is 17.0 Å². The topological polar surface area (TPSA) is 43.9 Å². The molecule has 2 heterocycles. The average Bonchev–Trinajstić information content (AvgIpc) is 2.64. The van der Waals surface area contributed by atoms with Crippen molar-refractivity contribution in [2.45, 2.75) is 38.6 Å². The molecule has 0 saturated carbocycles. The molecule has 0 unspecified atom stereocenters. The number of piperidine rings is 2. The van der Waals surface area contributed by atoms with E-state index >= 15 is 0 Å². The summed E-state index contributed by atoms with van der Waals surface area (Å²) in [4.78, 5) is 30.5. The second-order valence-corrected chi connectivity index (χ2v) is 8.15. The van der Waals surface area contributed by atoms with Crippen LogP contribution in [-0.4, -0.2) is 66.8 Å². The zero-order valence-electron chi connectivity index (χ0n) is 16.1. The molecule has 1 aromatic rings. The molecule has 2 saturated heterocycles. The van der Waals surface area contributed by atoms with Crippen molar-refractivity contribution in [3.8, 4) is 0 Å². The second-order valence-electron chi connectivity index (χ2n) is 8.15. The number of benzene rings is 1. The number of hydrogen-bond acceptors (Lipinski definition) is 3. The minimum atomic E-state index is 0.189. The van der Waals surface area contributed by atoms with Crippen LogP contribution in [0.4, 0.5) is 0 Å². The lowest BCUT2D eigenvalue weighted by Crippen LogP contribution is -2.54. The van der Waals surface area contributed by atoms with Crippen LogP contribution in [0.5, 0.6) is 0 Å². The molecule has 1 aromatic carbocycles. The van der Waals surface area contributed by atoms with Gasteiger partial charge in [0.2, 0.25) is 11.8 Å². The Morgan fingerprint density at radius 1 is 1.15 bits per heavy atom. The van der Waals surface area contributed by atoms with Gasteiger partial charge < -0.3 is 14.7 Å². The molecule has 0 aromatic heterocycles. The Morgan fingerprint density at radius 3 is 2.65 bits per heavy atom. The van der Waals surface area contributed by atoms with Crippen molar-refractivity contribution in [3.63, 3.8) is 0 Å². The Labute approximate surface area is 156 Å². The molecule has 2 aliphatic heterocycles. The monoisotopic (exact) mass is 357 g/mol. The fourth-order valence-corrected chi connectivity index (χ4v) is 4.36. The van der Waals surface area contributed by atoms with Crippen LogP contribution >= 0.6 is 0 Å². The number of amides is 2. The van der Waals surface area contributed by atoms with Gasteiger partial charge in [-0.3, -0.25) is 9.59 Å². The van der Waals surface area contributed by atoms with E-state index in [0.717, 1.165) is 39.0 Å². The second kappa shape index (κ2) is 8.21. The fourth-order valence-electron chi connectivity index (χ4n) is 4.36. The lowest BCUT2D eigenvalue weighted by Gasteiger charge is -2.48. The molecule has 0 bridgehead atoms. The van der Waals surface area contributed by atoms with Crippen LogP contribution in [0.1, 0.15) is 37.7 Å². The summed E-state index contributed by atoms with van der Waals surface area (Å²) in [5.41, 5.74) is 1.39. The third-order valence-electron chi connectivity index (χ3n) is 5.85. The lowest BCUT2D eigenvalue weighted by molar-refractivity contribution is -0.140. The molecule has 2 aliphatic rings. The van der Waals surface area contributed by atoms with Crippen LogP contribution in [-0.2, 0) is 16.1 Å². The van der Waals surface area contributed by atoms with E-state index in [1.165, 1.54) is 12.0 Å². The van der Waals surface area contributed by atoms with Gasteiger partial charge >= 0.3 is 0 Å². The molecule has 1 atom stereocenters. The highest BCUT2D eigenvalue weighted by atomic mass is 16.2. The normalized spacial score (nSPS) is 24.1. The minimum absolute atomic E-state index is 0.189. The van der Waals surface area contributed by atoms with E-state index < -0.39 is 0 Å². The molecule has 142 valence electrons. The van der Waals surface area contributed by atoms with Gasteiger partial charge in [0.1, 0.15) is 0 Å². The van der Waals surface area contributed by atoms with Crippen LogP contribution in [0.2, 0.25) is 0 Å². The highest BCUT2D eigenvalue weighted by Gasteiger charge is 2.41. The predicted octanol–water partition coefficient (Wildman–Crippen LogP) is 2.37. The first-order chi connectivity index (χ1) is 12.5. The van der Waals surface area contributed by atoms with E-state index in [9.17, 15) is 9.59 Å². The van der Waals surface area contributed by atoms with Crippen molar-refractivity contribution in [3.05, 3.63) is 35.9 Å². The van der Waals surface area contributed by atoms with Gasteiger partial charge in [0.25, 0.3) is 0 Å². The van der Waals surface area contributed by atoms with Gasteiger partial charge in [-0.2, -0.15) is 0 Å². The number of rotatable bonds is 5. The molecule has 0 radical (unpaired) electrons. The van der Waals surface area contributed by atoms with E-state index in [0.29, 0.717) is 19.4 Å². The predicted molar refractivity (Wildman–Crippen MR) is 103 cm³/mol. The van der Waals surface area contributed by atoms with Crippen LogP contribution < -0.4 is 0 Å². The fraction of sp³-hybridized carbons (Fsp3) is 0.619. The van der Waals surface area contributed by atoms with Crippen molar-refractivity contribution in [2.75, 3.05) is 40.3 Å². The molecule has 5 heteroatoms. The summed E-state index contributed by atoms with van der Waals surface area (Å²) < 4.78 is 0. The van der Waals surface area contributed by atoms with E-state index in [1.807, 2.05) is 37.2 Å². The quantitative estimate of drug-likeness (QED) is 0.813. The van der Waals surface area contributed by atoms with Gasteiger partial charge in [0.15, 0.2) is 0 Å². The maximum Gasteiger partial charge on any atom is 0.223 e. The van der Waals surface area contributed by atoms with Crippen LogP contribution in [0.3, 0.4) is 0 Å². The van der Waals surface area contributed by atoms with Crippen LogP contribution in [0.15, 0.2) is 30.3 Å². The molecule has 0 N–H and O–H groups in total. The molecule has 3 rings (SSSR count). The largest absolute Gasteiger partial charge is 0.349 e. The van der Waals surface area contributed by atoms with E-state index in [4.69, 9.17) is 0 Å². The van der Waals surface area contributed by atoms with Crippen LogP contribution in [0.25, 0.3) is 0 Å². The number of likely N-dealkylation sites (tertiary alicyclic amines) is 2. The molecule has 2 amide bonds. The lowest BCUT2D eigenvalue weighted by atomic mass is 9.73. The van der Waals surface area contributed by atoms with Crippen molar-refractivity contribution in [2.24, 2.45) is 5.41 Å². The Morgan fingerprint density at radius 2 is 1.92 bits per heavy atom. The average molecular weight is 357 g/mol. The summed E-state index contributed by atoms with van der Waals surface area (Å²) in [5, 5.41) is 0. The molecule has 1 spiro atoms. The summed E-state index contributed by atoms with van der Waals surface area (Å²) in [6, 6.07) is 10.3. The maximum absolute atomic E-state index is 12.5. The zero-order chi connectivity index (χ0) is 18.6. The number of nitrogens with zero attached hydrogens (tertiary/aromatic N) is 3. The van der Waals surface area contributed by atoms with E-state index in [-0.39, 0.29) is 17.2 Å². The van der Waals surface area contributed by atoms with Crippen molar-refractivity contribution in [1.29, 1.82) is 0 Å². The standard InChI is InChI=1S/C21H31N3O2/c1-22(2)19(25)10-14-23-13-6-11-21(16-23)12-9-20(26)24(17-21)15-18-7-4-3-5-8-18/h3-5,7-8H,6,9-17H2,1-2H3/t21-/m0/s1. The van der Waals surface area contributed by atoms with Crippen molar-refractivity contribution >= 4 is 11.8 Å². The molecule has 26 heavy (non-hydrogen) atoms. The Balaban J connectivity index is 1.61. The van der Waals surface area contributed by atoms with Gasteiger partial charge in [-0.15, -0.1) is 0 Å². The van der Waals surface area contributed by atoms with Gasteiger partial charge in [-0.05, 0) is 31.4 Å². The van der Waals surface area contributed by atoms with E-state index in [1.54, 1.807) is 4.90 Å². The number of carbonyl (C=O) groups excluding carboxylic acids is 2. The Bertz CT molecular complexity index is 631. The number of carbonyl (C=O) groups is 2. The Hall–Kier alpha value is -1.88. The van der Waals surface area contributed by atoms with Crippen molar-refractivity contribution in [1.82, 2.24) is 14.7 Å². The third kappa shape index (κ3) is 4.64. The van der Waals surface area contributed by atoms with Gasteiger partial charge in [0.05, 0.1) is 0 Å². The highest BCUT2D eigenvalue weighted by Crippen LogP contribution is 2.39. The molecule has 5 nitrogen and oxygen atoms in total. The highest BCUT2D eigenvalue weighted by molar-refractivity contribution is 5.77.